The minimum atomic E-state index is -4.27. The van der Waals surface area contributed by atoms with Gasteiger partial charge in [0, 0.05) is 17.8 Å². The summed E-state index contributed by atoms with van der Waals surface area (Å²) >= 11 is 1.89. The van der Waals surface area contributed by atoms with E-state index in [0.717, 1.165) is 37.0 Å². The fourth-order valence-corrected chi connectivity index (χ4v) is 3.45. The van der Waals surface area contributed by atoms with E-state index in [1.165, 1.54) is 6.07 Å². The van der Waals surface area contributed by atoms with Crippen LogP contribution in [0.3, 0.4) is 0 Å². The normalized spacial score (nSPS) is 23.8. The van der Waals surface area contributed by atoms with Crippen molar-refractivity contribution < 1.29 is 13.2 Å². The Balaban J connectivity index is 1.92. The maximum Gasteiger partial charge on any atom is 0.416 e. The molecule has 1 aliphatic carbocycles. The van der Waals surface area contributed by atoms with Gasteiger partial charge >= 0.3 is 6.18 Å². The third-order valence-electron chi connectivity index (χ3n) is 3.91. The Hall–Kier alpha value is -0.680. The molecule has 5 heteroatoms. The second-order valence-corrected chi connectivity index (χ2v) is 6.38. The summed E-state index contributed by atoms with van der Waals surface area (Å²) in [7, 11) is 0. The number of alkyl halides is 3. The zero-order valence-corrected chi connectivity index (χ0v) is 12.4. The third-order valence-corrected chi connectivity index (χ3v) is 5.05. The van der Waals surface area contributed by atoms with Crippen molar-refractivity contribution in [3.8, 4) is 0 Å². The van der Waals surface area contributed by atoms with Crippen LogP contribution < -0.4 is 5.32 Å². The lowest BCUT2D eigenvalue weighted by molar-refractivity contribution is -0.138. The van der Waals surface area contributed by atoms with E-state index >= 15 is 0 Å². The van der Waals surface area contributed by atoms with Crippen LogP contribution in [-0.2, 0) is 12.7 Å². The lowest BCUT2D eigenvalue weighted by Gasteiger charge is -2.28. The highest BCUT2D eigenvalue weighted by molar-refractivity contribution is 7.99. The van der Waals surface area contributed by atoms with Crippen molar-refractivity contribution in [3.05, 3.63) is 35.4 Å². The highest BCUT2D eigenvalue weighted by Gasteiger charge is 2.32. The van der Waals surface area contributed by atoms with Crippen LogP contribution in [0.25, 0.3) is 0 Å². The molecule has 1 aromatic rings. The molecule has 1 aliphatic rings. The Kier molecular flexibility index (Phi) is 5.38. The Morgan fingerprint density at radius 2 is 1.80 bits per heavy atom. The quantitative estimate of drug-likeness (QED) is 0.881. The minimum absolute atomic E-state index is 0.296. The Morgan fingerprint density at radius 1 is 1.15 bits per heavy atom. The van der Waals surface area contributed by atoms with Crippen molar-refractivity contribution in [1.29, 1.82) is 0 Å². The molecule has 0 unspecified atom stereocenters. The smallest absolute Gasteiger partial charge is 0.310 e. The first-order chi connectivity index (χ1) is 9.50. The second-order valence-electron chi connectivity index (χ2n) is 5.25. The van der Waals surface area contributed by atoms with Gasteiger partial charge in [0.15, 0.2) is 0 Å². The minimum Gasteiger partial charge on any atom is -0.310 e. The summed E-state index contributed by atoms with van der Waals surface area (Å²) in [4.78, 5) is 0. The first-order valence-corrected chi connectivity index (χ1v) is 8.20. The fraction of sp³-hybridized carbons (Fsp3) is 0.600. The predicted octanol–water partition coefficient (Wildman–Crippen LogP) is 4.47. The van der Waals surface area contributed by atoms with E-state index < -0.39 is 11.7 Å². The summed E-state index contributed by atoms with van der Waals surface area (Å²) < 4.78 is 38.6. The first-order valence-electron chi connectivity index (χ1n) is 6.92. The molecule has 0 heterocycles. The van der Waals surface area contributed by atoms with E-state index in [-0.39, 0.29) is 0 Å². The Morgan fingerprint density at radius 3 is 2.40 bits per heavy atom. The molecule has 0 aromatic heterocycles. The molecule has 0 saturated heterocycles. The zero-order chi connectivity index (χ0) is 14.6. The maximum atomic E-state index is 12.9. The van der Waals surface area contributed by atoms with Gasteiger partial charge in [-0.05, 0) is 43.6 Å². The molecule has 0 amide bonds. The van der Waals surface area contributed by atoms with E-state index in [4.69, 9.17) is 0 Å². The number of thioether (sulfide) groups is 1. The van der Waals surface area contributed by atoms with Crippen molar-refractivity contribution in [2.24, 2.45) is 0 Å². The van der Waals surface area contributed by atoms with Gasteiger partial charge in [0.25, 0.3) is 0 Å². The summed E-state index contributed by atoms with van der Waals surface area (Å²) in [5.41, 5.74) is -0.183. The van der Waals surface area contributed by atoms with Crippen LogP contribution in [0, 0.1) is 0 Å². The van der Waals surface area contributed by atoms with E-state index in [0.29, 0.717) is 18.2 Å². The Labute approximate surface area is 122 Å². The molecule has 0 bridgehead atoms. The number of hydrogen-bond acceptors (Lipinski definition) is 2. The van der Waals surface area contributed by atoms with Gasteiger partial charge in [-0.15, -0.1) is 0 Å². The summed E-state index contributed by atoms with van der Waals surface area (Å²) in [6.45, 7) is 0.296. The van der Waals surface area contributed by atoms with Crippen molar-refractivity contribution in [1.82, 2.24) is 5.32 Å². The van der Waals surface area contributed by atoms with Gasteiger partial charge in [-0.1, -0.05) is 18.2 Å². The molecule has 1 fully saturated rings. The summed E-state index contributed by atoms with van der Waals surface area (Å²) in [6, 6.07) is 6.16. The van der Waals surface area contributed by atoms with Crippen LogP contribution in [-0.4, -0.2) is 17.5 Å². The van der Waals surface area contributed by atoms with Gasteiger partial charge in [0.05, 0.1) is 5.56 Å². The van der Waals surface area contributed by atoms with Crippen molar-refractivity contribution >= 4 is 11.8 Å². The van der Waals surface area contributed by atoms with Crippen LogP contribution >= 0.6 is 11.8 Å². The van der Waals surface area contributed by atoms with Crippen LogP contribution in [0.1, 0.15) is 36.8 Å². The molecule has 1 nitrogen and oxygen atoms in total. The molecule has 0 spiro atoms. The average molecular weight is 303 g/mol. The molecule has 20 heavy (non-hydrogen) atoms. The van der Waals surface area contributed by atoms with Gasteiger partial charge in [0.1, 0.15) is 0 Å². The highest BCUT2D eigenvalue weighted by atomic mass is 32.2. The molecule has 0 aliphatic heterocycles. The largest absolute Gasteiger partial charge is 0.416 e. The van der Waals surface area contributed by atoms with Crippen LogP contribution in [0.15, 0.2) is 24.3 Å². The van der Waals surface area contributed by atoms with Gasteiger partial charge in [0.2, 0.25) is 0 Å². The van der Waals surface area contributed by atoms with E-state index in [1.54, 1.807) is 12.1 Å². The van der Waals surface area contributed by atoms with E-state index in [9.17, 15) is 13.2 Å². The van der Waals surface area contributed by atoms with Gasteiger partial charge in [-0.2, -0.15) is 24.9 Å². The molecule has 1 N–H and O–H groups in total. The summed E-state index contributed by atoms with van der Waals surface area (Å²) in [5, 5.41) is 4.00. The number of benzene rings is 1. The number of halogens is 3. The van der Waals surface area contributed by atoms with Crippen LogP contribution in [0.2, 0.25) is 0 Å². The average Bonchev–Trinajstić information content (AvgIpc) is 2.45. The maximum absolute atomic E-state index is 12.9. The molecular formula is C15H20F3NS. The highest BCUT2D eigenvalue weighted by Crippen LogP contribution is 2.32. The van der Waals surface area contributed by atoms with Gasteiger partial charge < -0.3 is 5.32 Å². The Bertz CT molecular complexity index is 425. The van der Waals surface area contributed by atoms with Crippen molar-refractivity contribution in [2.75, 3.05) is 6.26 Å². The molecule has 1 saturated carbocycles. The zero-order valence-electron chi connectivity index (χ0n) is 11.5. The number of hydrogen-bond donors (Lipinski definition) is 1. The molecule has 0 radical (unpaired) electrons. The van der Waals surface area contributed by atoms with E-state index in [2.05, 4.69) is 11.6 Å². The second kappa shape index (κ2) is 6.85. The van der Waals surface area contributed by atoms with Crippen molar-refractivity contribution in [2.45, 2.75) is 49.7 Å². The number of rotatable bonds is 4. The lowest BCUT2D eigenvalue weighted by atomic mass is 9.94. The van der Waals surface area contributed by atoms with E-state index in [1.807, 2.05) is 11.8 Å². The van der Waals surface area contributed by atoms with Gasteiger partial charge in [-0.3, -0.25) is 0 Å². The molecule has 112 valence electrons. The molecule has 2 rings (SSSR count). The van der Waals surface area contributed by atoms with Gasteiger partial charge in [-0.25, -0.2) is 0 Å². The number of nitrogens with one attached hydrogen (secondary N) is 1. The lowest BCUT2D eigenvalue weighted by Crippen LogP contribution is -2.33. The SMILES string of the molecule is CSC1CCC(NCc2ccccc2C(F)(F)F)CC1. The van der Waals surface area contributed by atoms with Crippen LogP contribution in [0.5, 0.6) is 0 Å². The summed E-state index contributed by atoms with van der Waals surface area (Å²) in [5.74, 6) is 0. The molecule has 1 aromatic carbocycles. The predicted molar refractivity (Wildman–Crippen MR) is 77.8 cm³/mol. The monoisotopic (exact) mass is 303 g/mol. The van der Waals surface area contributed by atoms with Crippen molar-refractivity contribution in [3.63, 3.8) is 0 Å². The summed E-state index contributed by atoms with van der Waals surface area (Å²) in [6.07, 6.45) is 2.27. The van der Waals surface area contributed by atoms with Crippen LogP contribution in [0.4, 0.5) is 13.2 Å². The first kappa shape index (κ1) is 15.7. The molecular weight excluding hydrogens is 283 g/mol. The molecule has 0 atom stereocenters. The third kappa shape index (κ3) is 4.16. The fourth-order valence-electron chi connectivity index (χ4n) is 2.71. The standard InChI is InChI=1S/C15H20F3NS/c1-20-13-8-6-12(7-9-13)19-10-11-4-2-3-5-14(11)15(16,17)18/h2-5,12-13,19H,6-10H2,1H3. The topological polar surface area (TPSA) is 12.0 Å².